The Bertz CT molecular complexity index is 1160. The van der Waals surface area contributed by atoms with Crippen molar-refractivity contribution in [2.45, 2.75) is 50.2 Å². The first-order chi connectivity index (χ1) is 17.5. The molecule has 3 amide bonds. The molecule has 200 valence electrons. The number of hydrogen-bond acceptors (Lipinski definition) is 7. The molecule has 3 unspecified atom stereocenters. The topological polar surface area (TPSA) is 241 Å². The lowest BCUT2D eigenvalue weighted by molar-refractivity contribution is -0.143. The van der Waals surface area contributed by atoms with Gasteiger partial charge in [0.15, 0.2) is 0 Å². The van der Waals surface area contributed by atoms with E-state index < -0.39 is 66.7 Å². The van der Waals surface area contributed by atoms with Crippen LogP contribution in [0.15, 0.2) is 30.5 Å². The number of nitrogens with one attached hydrogen (secondary N) is 4. The molecule has 14 heteroatoms. The Labute approximate surface area is 210 Å². The van der Waals surface area contributed by atoms with Gasteiger partial charge in [-0.05, 0) is 24.5 Å². The lowest BCUT2D eigenvalue weighted by atomic mass is 10.0. The maximum Gasteiger partial charge on any atom is 0.326 e. The van der Waals surface area contributed by atoms with Gasteiger partial charge in [-0.1, -0.05) is 18.2 Å². The van der Waals surface area contributed by atoms with E-state index in [4.69, 9.17) is 15.9 Å². The lowest BCUT2D eigenvalue weighted by Gasteiger charge is -2.21. The third-order valence-electron chi connectivity index (χ3n) is 5.44. The fraction of sp³-hybridized carbons (Fsp3) is 0.391. The number of fused-ring (bicyclic) bond motifs is 1. The van der Waals surface area contributed by atoms with Crippen LogP contribution in [0.5, 0.6) is 0 Å². The number of aliphatic carboxylic acids is 3. The summed E-state index contributed by atoms with van der Waals surface area (Å²) in [6.07, 6.45) is 0.222. The van der Waals surface area contributed by atoms with Crippen LogP contribution in [0.25, 0.3) is 10.9 Å². The average Bonchev–Trinajstić information content (AvgIpc) is 3.25. The number of amides is 3. The number of aromatic amines is 1. The zero-order valence-electron chi connectivity index (χ0n) is 19.7. The van der Waals surface area contributed by atoms with Crippen molar-refractivity contribution in [3.63, 3.8) is 0 Å². The van der Waals surface area contributed by atoms with Gasteiger partial charge in [0.1, 0.15) is 12.1 Å². The number of benzene rings is 1. The molecule has 0 aliphatic carbocycles. The Kier molecular flexibility index (Phi) is 10.6. The van der Waals surface area contributed by atoms with Crippen LogP contribution in [0.1, 0.15) is 31.2 Å². The van der Waals surface area contributed by atoms with Crippen LogP contribution in [-0.4, -0.2) is 80.6 Å². The zero-order chi connectivity index (χ0) is 27.5. The van der Waals surface area contributed by atoms with E-state index in [1.54, 1.807) is 24.4 Å². The summed E-state index contributed by atoms with van der Waals surface area (Å²) in [5, 5.41) is 34.9. The SMILES string of the molecule is NC(CCC(=O)O)C(=O)NCC(=O)NC(CCC(=O)O)C(=O)NC(Cc1c[nH]c2ccccc12)C(=O)O. The highest BCUT2D eigenvalue weighted by Gasteiger charge is 2.28. The maximum absolute atomic E-state index is 12.8. The Morgan fingerprint density at radius 3 is 2.16 bits per heavy atom. The van der Waals surface area contributed by atoms with Crippen molar-refractivity contribution in [2.75, 3.05) is 6.54 Å². The number of carbonyl (C=O) groups excluding carboxylic acids is 3. The minimum atomic E-state index is -1.40. The third-order valence-corrected chi connectivity index (χ3v) is 5.44. The maximum atomic E-state index is 12.8. The van der Waals surface area contributed by atoms with E-state index >= 15 is 0 Å². The zero-order valence-corrected chi connectivity index (χ0v) is 19.7. The molecule has 0 saturated carbocycles. The number of nitrogens with two attached hydrogens (primary N) is 1. The molecule has 0 bridgehead atoms. The molecule has 3 atom stereocenters. The van der Waals surface area contributed by atoms with Crippen molar-refractivity contribution < 1.29 is 44.1 Å². The summed E-state index contributed by atoms with van der Waals surface area (Å²) in [5.74, 6) is -6.26. The molecule has 0 spiro atoms. The summed E-state index contributed by atoms with van der Waals surface area (Å²) in [5.41, 5.74) is 6.98. The first kappa shape index (κ1) is 28.8. The van der Waals surface area contributed by atoms with Crippen LogP contribution >= 0.6 is 0 Å². The van der Waals surface area contributed by atoms with E-state index in [0.717, 1.165) is 10.9 Å². The minimum Gasteiger partial charge on any atom is -0.481 e. The van der Waals surface area contributed by atoms with Gasteiger partial charge in [0.2, 0.25) is 17.7 Å². The van der Waals surface area contributed by atoms with Crippen molar-refractivity contribution in [1.82, 2.24) is 20.9 Å². The number of H-pyrrole nitrogens is 1. The van der Waals surface area contributed by atoms with Crippen LogP contribution in [0, 0.1) is 0 Å². The van der Waals surface area contributed by atoms with Gasteiger partial charge in [-0.15, -0.1) is 0 Å². The molecule has 0 aliphatic heterocycles. The second kappa shape index (κ2) is 13.6. The fourth-order valence-electron chi connectivity index (χ4n) is 3.48. The summed E-state index contributed by atoms with van der Waals surface area (Å²) in [6.45, 7) is -0.617. The summed E-state index contributed by atoms with van der Waals surface area (Å²) in [7, 11) is 0. The monoisotopic (exact) mass is 519 g/mol. The van der Waals surface area contributed by atoms with Crippen LogP contribution < -0.4 is 21.7 Å². The number of aromatic nitrogens is 1. The molecule has 0 fully saturated rings. The van der Waals surface area contributed by atoms with E-state index in [-0.39, 0.29) is 25.7 Å². The number of rotatable bonds is 15. The Hall–Kier alpha value is -4.46. The molecule has 1 aromatic carbocycles. The van der Waals surface area contributed by atoms with Crippen molar-refractivity contribution in [1.29, 1.82) is 0 Å². The highest BCUT2D eigenvalue weighted by molar-refractivity contribution is 5.93. The first-order valence-electron chi connectivity index (χ1n) is 11.3. The van der Waals surface area contributed by atoms with E-state index in [2.05, 4.69) is 20.9 Å². The van der Waals surface area contributed by atoms with Gasteiger partial charge in [-0.3, -0.25) is 24.0 Å². The summed E-state index contributed by atoms with van der Waals surface area (Å²) < 4.78 is 0. The molecule has 1 aromatic heterocycles. The first-order valence-corrected chi connectivity index (χ1v) is 11.3. The number of hydrogen-bond donors (Lipinski definition) is 8. The molecular formula is C23H29N5O9. The molecule has 37 heavy (non-hydrogen) atoms. The molecule has 2 rings (SSSR count). The molecule has 14 nitrogen and oxygen atoms in total. The van der Waals surface area contributed by atoms with E-state index in [1.807, 2.05) is 6.07 Å². The van der Waals surface area contributed by atoms with E-state index in [1.165, 1.54) is 0 Å². The molecule has 0 radical (unpaired) electrons. The number of para-hydroxylation sites is 1. The fourth-order valence-corrected chi connectivity index (χ4v) is 3.48. The van der Waals surface area contributed by atoms with Crippen molar-refractivity contribution in [3.05, 3.63) is 36.0 Å². The smallest absolute Gasteiger partial charge is 0.326 e. The Morgan fingerprint density at radius 1 is 0.865 bits per heavy atom. The number of carboxylic acid groups (broad SMARTS) is 3. The predicted octanol–water partition coefficient (Wildman–Crippen LogP) is -1.06. The van der Waals surface area contributed by atoms with Crippen LogP contribution in [0.4, 0.5) is 0 Å². The van der Waals surface area contributed by atoms with Crippen molar-refractivity contribution >= 4 is 46.5 Å². The average molecular weight is 520 g/mol. The van der Waals surface area contributed by atoms with Gasteiger partial charge in [0.05, 0.1) is 12.6 Å². The Morgan fingerprint density at radius 2 is 1.51 bits per heavy atom. The molecule has 0 aliphatic rings. The molecule has 9 N–H and O–H groups in total. The summed E-state index contributed by atoms with van der Waals surface area (Å²) in [4.78, 5) is 73.5. The van der Waals surface area contributed by atoms with Gasteiger partial charge < -0.3 is 42.0 Å². The quantitative estimate of drug-likeness (QED) is 0.142. The molecule has 2 aromatic rings. The standard InChI is InChI=1S/C23H29N5O9/c24-14(5-7-19(30)31)21(34)26-11-18(29)27-16(6-8-20(32)33)22(35)28-17(23(36)37)9-12-10-25-15-4-2-1-3-13(12)15/h1-4,10,14,16-17,25H,5-9,11,24H2,(H,26,34)(H,27,29)(H,28,35)(H,30,31)(H,32,33)(H,36,37). The minimum absolute atomic E-state index is 0.0744. The number of carbonyl (C=O) groups is 6. The lowest BCUT2D eigenvalue weighted by Crippen LogP contribution is -2.54. The second-order valence-corrected chi connectivity index (χ2v) is 8.27. The summed E-state index contributed by atoms with van der Waals surface area (Å²) >= 11 is 0. The largest absolute Gasteiger partial charge is 0.481 e. The van der Waals surface area contributed by atoms with Crippen LogP contribution in [-0.2, 0) is 35.2 Å². The third kappa shape index (κ3) is 9.25. The van der Waals surface area contributed by atoms with E-state index in [0.29, 0.717) is 5.56 Å². The summed E-state index contributed by atoms with van der Waals surface area (Å²) in [6, 6.07) is 3.25. The van der Waals surface area contributed by atoms with Gasteiger partial charge in [0, 0.05) is 36.4 Å². The molecule has 0 saturated heterocycles. The van der Waals surface area contributed by atoms with Crippen LogP contribution in [0.3, 0.4) is 0 Å². The van der Waals surface area contributed by atoms with Crippen molar-refractivity contribution in [2.24, 2.45) is 5.73 Å². The normalized spacial score (nSPS) is 13.2. The van der Waals surface area contributed by atoms with E-state index in [9.17, 15) is 33.9 Å². The van der Waals surface area contributed by atoms with Crippen molar-refractivity contribution in [3.8, 4) is 0 Å². The molecule has 1 heterocycles. The highest BCUT2D eigenvalue weighted by Crippen LogP contribution is 2.19. The molecular weight excluding hydrogens is 490 g/mol. The van der Waals surface area contributed by atoms with Crippen LogP contribution in [0.2, 0.25) is 0 Å². The highest BCUT2D eigenvalue weighted by atomic mass is 16.4. The Balaban J connectivity index is 2.02. The van der Waals surface area contributed by atoms with Gasteiger partial charge in [-0.25, -0.2) is 4.79 Å². The number of carboxylic acids is 3. The van der Waals surface area contributed by atoms with Gasteiger partial charge in [-0.2, -0.15) is 0 Å². The van der Waals surface area contributed by atoms with Gasteiger partial charge in [0.25, 0.3) is 0 Å². The predicted molar refractivity (Wildman–Crippen MR) is 128 cm³/mol. The van der Waals surface area contributed by atoms with Gasteiger partial charge >= 0.3 is 17.9 Å². The second-order valence-electron chi connectivity index (χ2n) is 8.27.